The number of benzene rings is 8. The Hall–Kier alpha value is -7.02. The lowest BCUT2D eigenvalue weighted by molar-refractivity contribution is 1.26. The lowest BCUT2D eigenvalue weighted by Crippen LogP contribution is -1.85. The highest BCUT2D eigenvalue weighted by molar-refractivity contribution is 5.83. The minimum absolute atomic E-state index is 1.05. The molecule has 0 radical (unpaired) electrons. The average Bonchev–Trinajstić information content (AvgIpc) is 3.70. The third-order valence-corrected chi connectivity index (χ3v) is 10.7. The van der Waals surface area contributed by atoms with E-state index < -0.39 is 0 Å². The molecule has 9 rings (SSSR count). The molecule has 0 atom stereocenters. The van der Waals surface area contributed by atoms with Crippen LogP contribution in [0.15, 0.2) is 231 Å². The molecule has 0 fully saturated rings. The Bertz CT molecular complexity index is 2530. The Morgan fingerprint density at radius 1 is 0.393 bits per heavy atom. The van der Waals surface area contributed by atoms with Gasteiger partial charge in [0, 0.05) is 0 Å². The van der Waals surface area contributed by atoms with Crippen molar-refractivity contribution < 1.29 is 0 Å². The number of allylic oxidation sites excluding steroid dienone is 5. The molecule has 0 spiro atoms. The van der Waals surface area contributed by atoms with Gasteiger partial charge in [0.25, 0.3) is 0 Å². The summed E-state index contributed by atoms with van der Waals surface area (Å²) in [6, 6.07) is 71.2. The molecule has 0 saturated heterocycles. The van der Waals surface area contributed by atoms with Crippen LogP contribution in [0.25, 0.3) is 61.2 Å². The third kappa shape index (κ3) is 11.8. The molecule has 1 aliphatic rings. The predicted octanol–water partition coefficient (Wildman–Crippen LogP) is 17.5. The molecule has 0 saturated carbocycles. The van der Waals surface area contributed by atoms with Crippen molar-refractivity contribution in [2.45, 2.75) is 48.0 Å². The predicted molar refractivity (Wildman–Crippen MR) is 268 cm³/mol. The Morgan fingerprint density at radius 2 is 0.754 bits per heavy atom. The number of hydrogen-bond donors (Lipinski definition) is 0. The Morgan fingerprint density at radius 3 is 1.16 bits per heavy atom. The van der Waals surface area contributed by atoms with Gasteiger partial charge < -0.3 is 0 Å². The average molecular weight is 791 g/mol. The van der Waals surface area contributed by atoms with Gasteiger partial charge in [-0.2, -0.15) is 0 Å². The van der Waals surface area contributed by atoms with Crippen LogP contribution < -0.4 is 0 Å². The van der Waals surface area contributed by atoms with E-state index in [2.05, 4.69) is 234 Å². The monoisotopic (exact) mass is 790 g/mol. The Balaban J connectivity index is 0.000000150. The quantitative estimate of drug-likeness (QED) is 0.141. The van der Waals surface area contributed by atoms with E-state index in [0.717, 1.165) is 6.42 Å². The summed E-state index contributed by atoms with van der Waals surface area (Å²) < 4.78 is 0. The van der Waals surface area contributed by atoms with Crippen LogP contribution in [0.2, 0.25) is 0 Å². The summed E-state index contributed by atoms with van der Waals surface area (Å²) in [5, 5.41) is 0. The normalized spacial score (nSPS) is 10.9. The van der Waals surface area contributed by atoms with Crippen molar-refractivity contribution in [2.75, 3.05) is 0 Å². The van der Waals surface area contributed by atoms with Crippen molar-refractivity contribution in [2.24, 2.45) is 0 Å². The lowest BCUT2D eigenvalue weighted by atomic mass is 9.98. The molecule has 0 aromatic heterocycles. The van der Waals surface area contributed by atoms with E-state index >= 15 is 0 Å². The summed E-state index contributed by atoms with van der Waals surface area (Å²) in [5.41, 5.74) is 22.0. The molecule has 0 heteroatoms. The molecule has 0 nitrogen and oxygen atoms in total. The van der Waals surface area contributed by atoms with Crippen LogP contribution in [-0.2, 0) is 6.42 Å². The summed E-state index contributed by atoms with van der Waals surface area (Å²) in [7, 11) is 0. The van der Waals surface area contributed by atoms with Gasteiger partial charge in [0.05, 0.1) is 0 Å². The number of aryl methyl sites for hydroxylation is 2. The van der Waals surface area contributed by atoms with Crippen LogP contribution in [0.5, 0.6) is 0 Å². The second-order valence-corrected chi connectivity index (χ2v) is 15.4. The third-order valence-electron chi connectivity index (χ3n) is 10.7. The Kier molecular flexibility index (Phi) is 15.6. The van der Waals surface area contributed by atoms with Crippen molar-refractivity contribution in [1.82, 2.24) is 0 Å². The number of hydrogen-bond acceptors (Lipinski definition) is 0. The van der Waals surface area contributed by atoms with Gasteiger partial charge in [0.15, 0.2) is 0 Å². The van der Waals surface area contributed by atoms with E-state index in [-0.39, 0.29) is 0 Å². The van der Waals surface area contributed by atoms with Crippen LogP contribution in [0.3, 0.4) is 0 Å². The van der Waals surface area contributed by atoms with E-state index in [1.54, 1.807) is 0 Å². The maximum absolute atomic E-state index is 3.96. The summed E-state index contributed by atoms with van der Waals surface area (Å²) in [6.45, 7) is 16.4. The van der Waals surface area contributed by atoms with Crippen LogP contribution in [0.4, 0.5) is 0 Å². The van der Waals surface area contributed by atoms with Crippen LogP contribution in [0, 0.1) is 13.8 Å². The highest BCUT2D eigenvalue weighted by Crippen LogP contribution is 2.38. The fourth-order valence-electron chi connectivity index (χ4n) is 7.31. The van der Waals surface area contributed by atoms with E-state index in [1.165, 1.54) is 94.6 Å². The highest BCUT2D eigenvalue weighted by atomic mass is 14.2. The molecule has 302 valence electrons. The van der Waals surface area contributed by atoms with Gasteiger partial charge in [0.1, 0.15) is 0 Å². The zero-order chi connectivity index (χ0) is 43.0. The van der Waals surface area contributed by atoms with Crippen molar-refractivity contribution >= 4 is 5.57 Å². The SMILES string of the molecule is C=C/C(=C\C=C(C)C)c1ccc2c(c1)-c1ccccc1C2.CC.Cc1ccc(-c2ccc(-c3ccccc3)cc2)cc1.Cc1ccc(-c2ccc(-c3ccccc3)cc2)cc1. The number of rotatable bonds is 7. The van der Waals surface area contributed by atoms with Crippen LogP contribution in [0.1, 0.15) is 55.5 Å². The van der Waals surface area contributed by atoms with Crippen molar-refractivity contribution in [3.8, 4) is 55.6 Å². The van der Waals surface area contributed by atoms with E-state index in [4.69, 9.17) is 0 Å². The molecule has 61 heavy (non-hydrogen) atoms. The molecule has 0 bridgehead atoms. The fourth-order valence-corrected chi connectivity index (χ4v) is 7.31. The van der Waals surface area contributed by atoms with Gasteiger partial charge >= 0.3 is 0 Å². The first-order valence-corrected chi connectivity index (χ1v) is 21.5. The number of fused-ring (bicyclic) bond motifs is 3. The van der Waals surface area contributed by atoms with Gasteiger partial charge in [-0.1, -0.05) is 249 Å². The van der Waals surface area contributed by atoms with Gasteiger partial charge in [-0.3, -0.25) is 0 Å². The largest absolute Gasteiger partial charge is 0.0984 e. The first kappa shape index (κ1) is 43.6. The molecule has 8 aromatic rings. The van der Waals surface area contributed by atoms with Gasteiger partial charge in [-0.05, 0) is 118 Å². The summed E-state index contributed by atoms with van der Waals surface area (Å²) in [6.07, 6.45) is 7.26. The van der Waals surface area contributed by atoms with Gasteiger partial charge in [-0.15, -0.1) is 0 Å². The molecule has 1 aliphatic carbocycles. The van der Waals surface area contributed by atoms with Crippen molar-refractivity contribution in [3.05, 3.63) is 258 Å². The molecule has 0 heterocycles. The first-order chi connectivity index (χ1) is 29.8. The minimum Gasteiger partial charge on any atom is -0.0984 e. The van der Waals surface area contributed by atoms with Crippen LogP contribution >= 0.6 is 0 Å². The molecule has 0 aliphatic heterocycles. The van der Waals surface area contributed by atoms with E-state index in [1.807, 2.05) is 32.1 Å². The standard InChI is InChI=1S/C21H20.2C19H16.C2H6/c1-4-16(10-9-15(2)3)17-11-12-19-13-18-7-5-6-8-20(18)21(19)14-17;2*1-15-7-9-17(10-8-15)19-13-11-18(12-14-19)16-5-3-2-4-6-16;1-2/h4-12,14H,1,13H2,2-3H3;2*2-14H,1H3;1-2H3/b16-10+;;;. The second kappa shape index (κ2) is 21.8. The fraction of sp³-hybridized carbons (Fsp3) is 0.115. The zero-order valence-electron chi connectivity index (χ0n) is 36.7. The first-order valence-electron chi connectivity index (χ1n) is 21.5. The maximum atomic E-state index is 3.96. The zero-order valence-corrected chi connectivity index (χ0v) is 36.7. The molecule has 0 unspecified atom stereocenters. The molecular weight excluding hydrogens is 733 g/mol. The molecular formula is C61H58. The molecule has 0 N–H and O–H groups in total. The van der Waals surface area contributed by atoms with E-state index in [0.29, 0.717) is 0 Å². The molecule has 0 amide bonds. The minimum atomic E-state index is 1.05. The Labute approximate surface area is 366 Å². The summed E-state index contributed by atoms with van der Waals surface area (Å²) >= 11 is 0. The van der Waals surface area contributed by atoms with Crippen LogP contribution in [-0.4, -0.2) is 0 Å². The second-order valence-electron chi connectivity index (χ2n) is 15.4. The van der Waals surface area contributed by atoms with Crippen molar-refractivity contribution in [3.63, 3.8) is 0 Å². The van der Waals surface area contributed by atoms with Gasteiger partial charge in [-0.25, -0.2) is 0 Å². The smallest absolute Gasteiger partial charge is 0.00134 e. The summed E-state index contributed by atoms with van der Waals surface area (Å²) in [5.74, 6) is 0. The lowest BCUT2D eigenvalue weighted by Gasteiger charge is -2.06. The maximum Gasteiger partial charge on any atom is -0.00134 e. The van der Waals surface area contributed by atoms with Gasteiger partial charge in [0.2, 0.25) is 0 Å². The van der Waals surface area contributed by atoms with Crippen molar-refractivity contribution in [1.29, 1.82) is 0 Å². The van der Waals surface area contributed by atoms with E-state index in [9.17, 15) is 0 Å². The summed E-state index contributed by atoms with van der Waals surface area (Å²) in [4.78, 5) is 0. The molecule has 8 aromatic carbocycles. The highest BCUT2D eigenvalue weighted by Gasteiger charge is 2.18. The topological polar surface area (TPSA) is 0 Å².